The van der Waals surface area contributed by atoms with E-state index in [1.165, 1.54) is 0 Å². The number of rotatable bonds is 3. The third kappa shape index (κ3) is 3.79. The van der Waals surface area contributed by atoms with Gasteiger partial charge in [0.15, 0.2) is 17.4 Å². The van der Waals surface area contributed by atoms with Gasteiger partial charge in [0.25, 0.3) is 0 Å². The van der Waals surface area contributed by atoms with Crippen molar-refractivity contribution in [2.45, 2.75) is 38.9 Å². The molecule has 0 amide bonds. The summed E-state index contributed by atoms with van der Waals surface area (Å²) >= 11 is 0. The molecule has 0 atom stereocenters. The molecule has 0 N–H and O–H groups in total. The smallest absolute Gasteiger partial charge is 0.456 e. The van der Waals surface area contributed by atoms with Crippen molar-refractivity contribution < 1.29 is 18.1 Å². The van der Waals surface area contributed by atoms with Crippen LogP contribution in [0.1, 0.15) is 27.7 Å². The van der Waals surface area contributed by atoms with E-state index in [9.17, 15) is 0 Å². The Morgan fingerprint density at radius 2 is 1.02 bits per heavy atom. The molecule has 3 aromatic heterocycles. The highest BCUT2D eigenvalue weighted by Crippen LogP contribution is 2.37. The highest BCUT2D eigenvalue weighted by atomic mass is 16.7. The average Bonchev–Trinajstić information content (AvgIpc) is 3.60. The van der Waals surface area contributed by atoms with Crippen LogP contribution in [0.25, 0.3) is 66.7 Å². The highest BCUT2D eigenvalue weighted by Gasteiger charge is 2.53. The van der Waals surface area contributed by atoms with E-state index < -0.39 is 18.3 Å². The standard InChI is InChI=1S/C33H26BN3O4/c1-32(2)33(3,4)41-34(40-32)31-36-29(19-14-16-27-24(17-19)22-10-6-8-12-26(22)38-27)35-30(37-31)20-13-15-23-21-9-5-7-11-25(21)39-28(23)18-20/h5-18H,1-4H3. The lowest BCUT2D eigenvalue weighted by Gasteiger charge is -2.32. The second-order valence-electron chi connectivity index (χ2n) is 11.5. The zero-order valence-corrected chi connectivity index (χ0v) is 23.1. The molecule has 0 saturated carbocycles. The summed E-state index contributed by atoms with van der Waals surface area (Å²) in [5.74, 6) is 1.04. The first-order chi connectivity index (χ1) is 19.8. The average molecular weight is 539 g/mol. The molecule has 1 aliphatic rings. The Bertz CT molecular complexity index is 2130. The number of furan rings is 2. The zero-order chi connectivity index (χ0) is 27.9. The van der Waals surface area contributed by atoms with Crippen molar-refractivity contribution in [3.8, 4) is 22.8 Å². The van der Waals surface area contributed by atoms with Gasteiger partial charge in [0.2, 0.25) is 0 Å². The second-order valence-corrected chi connectivity index (χ2v) is 11.5. The van der Waals surface area contributed by atoms with E-state index >= 15 is 0 Å². The zero-order valence-electron chi connectivity index (χ0n) is 23.1. The largest absolute Gasteiger partial charge is 0.534 e. The molecule has 4 aromatic carbocycles. The van der Waals surface area contributed by atoms with Crippen LogP contribution in [0.4, 0.5) is 0 Å². The highest BCUT2D eigenvalue weighted by molar-refractivity contribution is 6.60. The lowest BCUT2D eigenvalue weighted by atomic mass is 9.89. The van der Waals surface area contributed by atoms with E-state index in [1.807, 2.05) is 88.4 Å². The summed E-state index contributed by atoms with van der Waals surface area (Å²) < 4.78 is 24.9. The van der Waals surface area contributed by atoms with Gasteiger partial charge in [-0.3, -0.25) is 0 Å². The van der Waals surface area contributed by atoms with Gasteiger partial charge in [-0.2, -0.15) is 0 Å². The lowest BCUT2D eigenvalue weighted by Crippen LogP contribution is -2.41. The molecule has 1 saturated heterocycles. The van der Waals surface area contributed by atoms with E-state index in [4.69, 9.17) is 33.1 Å². The number of hydrogen-bond donors (Lipinski definition) is 0. The summed E-state index contributed by atoms with van der Waals surface area (Å²) in [4.78, 5) is 14.7. The molecule has 7 aromatic rings. The quantitative estimate of drug-likeness (QED) is 0.218. The fourth-order valence-electron chi connectivity index (χ4n) is 5.43. The van der Waals surface area contributed by atoms with E-state index in [2.05, 4.69) is 24.3 Å². The van der Waals surface area contributed by atoms with Crippen LogP contribution in [0.5, 0.6) is 0 Å². The fourth-order valence-corrected chi connectivity index (χ4v) is 5.43. The molecule has 1 aliphatic heterocycles. The molecule has 0 spiro atoms. The van der Waals surface area contributed by atoms with Crippen LogP contribution in [0.2, 0.25) is 0 Å². The minimum Gasteiger partial charge on any atom is -0.456 e. The minimum atomic E-state index is -0.742. The topological polar surface area (TPSA) is 83.4 Å². The number of nitrogens with zero attached hydrogens (tertiary/aromatic N) is 3. The molecule has 0 aliphatic carbocycles. The number of fused-ring (bicyclic) bond motifs is 6. The van der Waals surface area contributed by atoms with Crippen molar-refractivity contribution in [1.82, 2.24) is 15.0 Å². The molecular formula is C33H26BN3O4. The molecule has 200 valence electrons. The van der Waals surface area contributed by atoms with Gasteiger partial charge >= 0.3 is 7.12 Å². The van der Waals surface area contributed by atoms with Crippen LogP contribution >= 0.6 is 0 Å². The van der Waals surface area contributed by atoms with Crippen molar-refractivity contribution in [3.05, 3.63) is 84.9 Å². The Labute approximate surface area is 236 Å². The van der Waals surface area contributed by atoms with E-state index in [-0.39, 0.29) is 0 Å². The van der Waals surface area contributed by atoms with Gasteiger partial charge in [0.1, 0.15) is 22.3 Å². The van der Waals surface area contributed by atoms with Gasteiger partial charge in [-0.15, -0.1) is 0 Å². The summed E-state index contributed by atoms with van der Waals surface area (Å²) in [5, 5.41) is 4.16. The summed E-state index contributed by atoms with van der Waals surface area (Å²) in [6.45, 7) is 8.07. The summed E-state index contributed by atoms with van der Waals surface area (Å²) in [6.07, 6.45) is 0. The number of para-hydroxylation sites is 2. The summed E-state index contributed by atoms with van der Waals surface area (Å²) in [5.41, 5.74) is 4.27. The first-order valence-corrected chi connectivity index (χ1v) is 13.7. The SMILES string of the molecule is CC1(C)OB(c2nc(-c3ccc4c(c3)oc3ccccc34)nc(-c3ccc4oc5ccccc5c4c3)n2)OC1(C)C. The van der Waals surface area contributed by atoms with Gasteiger partial charge < -0.3 is 18.1 Å². The third-order valence-corrected chi connectivity index (χ3v) is 8.39. The van der Waals surface area contributed by atoms with Gasteiger partial charge in [0.05, 0.1) is 11.2 Å². The Morgan fingerprint density at radius 3 is 1.71 bits per heavy atom. The van der Waals surface area contributed by atoms with Crippen LogP contribution in [0.3, 0.4) is 0 Å². The molecular weight excluding hydrogens is 513 g/mol. The van der Waals surface area contributed by atoms with Crippen LogP contribution < -0.4 is 5.72 Å². The predicted molar refractivity (Wildman–Crippen MR) is 161 cm³/mol. The monoisotopic (exact) mass is 539 g/mol. The Morgan fingerprint density at radius 1 is 0.512 bits per heavy atom. The van der Waals surface area contributed by atoms with Crippen LogP contribution in [-0.4, -0.2) is 33.3 Å². The third-order valence-electron chi connectivity index (χ3n) is 8.39. The van der Waals surface area contributed by atoms with Gasteiger partial charge in [0, 0.05) is 32.7 Å². The van der Waals surface area contributed by atoms with Crippen molar-refractivity contribution in [2.75, 3.05) is 0 Å². The molecule has 7 nitrogen and oxygen atoms in total. The summed E-state index contributed by atoms with van der Waals surface area (Å²) in [6, 6.07) is 28.1. The fraction of sp³-hybridized carbons (Fsp3) is 0.182. The molecule has 8 heteroatoms. The molecule has 41 heavy (non-hydrogen) atoms. The van der Waals surface area contributed by atoms with Crippen molar-refractivity contribution in [1.29, 1.82) is 0 Å². The van der Waals surface area contributed by atoms with Crippen molar-refractivity contribution >= 4 is 56.7 Å². The maximum Gasteiger partial charge on any atom is 0.534 e. The van der Waals surface area contributed by atoms with Crippen molar-refractivity contribution in [2.24, 2.45) is 0 Å². The Kier molecular flexibility index (Phi) is 5.03. The lowest BCUT2D eigenvalue weighted by molar-refractivity contribution is 0.00578. The molecule has 0 radical (unpaired) electrons. The van der Waals surface area contributed by atoms with Gasteiger partial charge in [-0.1, -0.05) is 42.5 Å². The van der Waals surface area contributed by atoms with Crippen LogP contribution in [0, 0.1) is 0 Å². The van der Waals surface area contributed by atoms with Gasteiger partial charge in [-0.25, -0.2) is 15.0 Å². The number of benzene rings is 4. The van der Waals surface area contributed by atoms with Crippen LogP contribution in [-0.2, 0) is 9.31 Å². The van der Waals surface area contributed by atoms with Gasteiger partial charge in [-0.05, 0) is 70.2 Å². The summed E-state index contributed by atoms with van der Waals surface area (Å²) in [7, 11) is -0.742. The Balaban J connectivity index is 1.31. The first-order valence-electron chi connectivity index (χ1n) is 13.7. The molecule has 4 heterocycles. The Hall–Kier alpha value is -4.53. The predicted octanol–water partition coefficient (Wildman–Crippen LogP) is 7.30. The van der Waals surface area contributed by atoms with E-state index in [0.29, 0.717) is 17.4 Å². The normalized spacial score (nSPS) is 16.4. The van der Waals surface area contributed by atoms with Crippen molar-refractivity contribution in [3.63, 3.8) is 0 Å². The maximum absolute atomic E-state index is 6.35. The van der Waals surface area contributed by atoms with Crippen LogP contribution in [0.15, 0.2) is 93.8 Å². The first kappa shape index (κ1) is 24.3. The molecule has 0 bridgehead atoms. The number of aromatic nitrogens is 3. The minimum absolute atomic E-state index is 0.422. The molecule has 0 unspecified atom stereocenters. The molecule has 1 fully saturated rings. The van der Waals surface area contributed by atoms with E-state index in [1.54, 1.807) is 0 Å². The van der Waals surface area contributed by atoms with E-state index in [0.717, 1.165) is 55.0 Å². The second kappa shape index (κ2) is 8.49. The molecule has 8 rings (SSSR count). The number of hydrogen-bond acceptors (Lipinski definition) is 7. The maximum atomic E-state index is 6.35.